The van der Waals surface area contributed by atoms with Gasteiger partial charge < -0.3 is 14.7 Å². The molecule has 1 aliphatic heterocycles. The van der Waals surface area contributed by atoms with E-state index < -0.39 is 5.97 Å². The third-order valence-corrected chi connectivity index (χ3v) is 4.57. The quantitative estimate of drug-likeness (QED) is 0.838. The summed E-state index contributed by atoms with van der Waals surface area (Å²) in [6, 6.07) is 4.06. The number of amides is 1. The van der Waals surface area contributed by atoms with E-state index >= 15 is 0 Å². The Bertz CT molecular complexity index is 452. The van der Waals surface area contributed by atoms with Gasteiger partial charge in [0.15, 0.2) is 0 Å². The fraction of sp³-hybridized carbons (Fsp3) is 0.600. The molecule has 1 aromatic rings. The number of thiophene rings is 1. The molecule has 0 spiro atoms. The Labute approximate surface area is 128 Å². The lowest BCUT2D eigenvalue weighted by molar-refractivity contribution is -0.139. The number of carbonyl (C=O) groups is 2. The number of hydrogen-bond acceptors (Lipinski definition) is 4. The fourth-order valence-corrected chi connectivity index (χ4v) is 3.14. The molecule has 1 N–H and O–H groups in total. The van der Waals surface area contributed by atoms with Crippen LogP contribution in [0.1, 0.15) is 30.6 Å². The molecule has 1 aliphatic rings. The van der Waals surface area contributed by atoms with Gasteiger partial charge in [-0.1, -0.05) is 6.07 Å². The third kappa shape index (κ3) is 5.47. The number of aryl methyl sites for hydroxylation is 1. The van der Waals surface area contributed by atoms with Crippen molar-refractivity contribution in [1.82, 2.24) is 4.90 Å². The van der Waals surface area contributed by atoms with Crippen molar-refractivity contribution in [1.29, 1.82) is 0 Å². The minimum absolute atomic E-state index is 0.0416. The fourth-order valence-electron chi connectivity index (χ4n) is 2.43. The molecule has 0 unspecified atom stereocenters. The van der Waals surface area contributed by atoms with Gasteiger partial charge in [0, 0.05) is 24.4 Å². The Kier molecular flexibility index (Phi) is 6.20. The number of nitrogens with zero attached hydrogens (tertiary/aromatic N) is 1. The van der Waals surface area contributed by atoms with Gasteiger partial charge in [-0.25, -0.2) is 0 Å². The van der Waals surface area contributed by atoms with Gasteiger partial charge in [-0.15, -0.1) is 11.3 Å². The molecule has 0 aromatic carbocycles. The molecule has 1 amide bonds. The van der Waals surface area contributed by atoms with Crippen LogP contribution in [0.4, 0.5) is 0 Å². The standard InChI is InChI=1S/C15H21NO4S/c17-14(4-3-13-2-1-11-21-13)16-8-5-12(6-9-16)20-10-7-15(18)19/h1-2,11-12H,3-10H2,(H,18,19). The van der Waals surface area contributed by atoms with Crippen LogP contribution in [0.2, 0.25) is 0 Å². The summed E-state index contributed by atoms with van der Waals surface area (Å²) >= 11 is 1.68. The van der Waals surface area contributed by atoms with Crippen molar-refractivity contribution in [2.45, 2.75) is 38.2 Å². The highest BCUT2D eigenvalue weighted by Crippen LogP contribution is 2.17. The lowest BCUT2D eigenvalue weighted by atomic mass is 10.1. The molecule has 0 saturated carbocycles. The smallest absolute Gasteiger partial charge is 0.305 e. The third-order valence-electron chi connectivity index (χ3n) is 3.63. The second-order valence-corrected chi connectivity index (χ2v) is 6.21. The van der Waals surface area contributed by atoms with Crippen LogP contribution in [0.3, 0.4) is 0 Å². The monoisotopic (exact) mass is 311 g/mol. The number of rotatable bonds is 7. The maximum Gasteiger partial charge on any atom is 0.305 e. The highest BCUT2D eigenvalue weighted by atomic mass is 32.1. The lowest BCUT2D eigenvalue weighted by Gasteiger charge is -2.32. The van der Waals surface area contributed by atoms with Gasteiger partial charge >= 0.3 is 5.97 Å². The molecule has 6 heteroatoms. The van der Waals surface area contributed by atoms with E-state index in [9.17, 15) is 9.59 Å². The zero-order valence-corrected chi connectivity index (χ0v) is 12.8. The highest BCUT2D eigenvalue weighted by Gasteiger charge is 2.23. The van der Waals surface area contributed by atoms with Crippen molar-refractivity contribution >= 4 is 23.2 Å². The number of ether oxygens (including phenoxy) is 1. The molecule has 5 nitrogen and oxygen atoms in total. The maximum atomic E-state index is 12.1. The van der Waals surface area contributed by atoms with Gasteiger partial charge in [0.05, 0.1) is 19.1 Å². The average molecular weight is 311 g/mol. The van der Waals surface area contributed by atoms with Gasteiger partial charge in [-0.3, -0.25) is 9.59 Å². The molecular formula is C15H21NO4S. The number of hydrogen-bond donors (Lipinski definition) is 1. The van der Waals surface area contributed by atoms with Crippen LogP contribution in [0.5, 0.6) is 0 Å². The lowest BCUT2D eigenvalue weighted by Crippen LogP contribution is -2.41. The van der Waals surface area contributed by atoms with Gasteiger partial charge in [-0.2, -0.15) is 0 Å². The van der Waals surface area contributed by atoms with Crippen molar-refractivity contribution in [3.63, 3.8) is 0 Å². The number of carboxylic acid groups (broad SMARTS) is 1. The molecule has 2 heterocycles. The summed E-state index contributed by atoms with van der Waals surface area (Å²) in [7, 11) is 0. The van der Waals surface area contributed by atoms with Crippen LogP contribution in [0.15, 0.2) is 17.5 Å². The van der Waals surface area contributed by atoms with Crippen molar-refractivity contribution in [3.05, 3.63) is 22.4 Å². The molecule has 0 radical (unpaired) electrons. The molecule has 0 bridgehead atoms. The molecule has 1 saturated heterocycles. The summed E-state index contributed by atoms with van der Waals surface area (Å²) < 4.78 is 5.52. The number of likely N-dealkylation sites (tertiary alicyclic amines) is 1. The second-order valence-electron chi connectivity index (χ2n) is 5.17. The van der Waals surface area contributed by atoms with E-state index in [-0.39, 0.29) is 25.0 Å². The zero-order chi connectivity index (χ0) is 15.1. The number of carbonyl (C=O) groups excluding carboxylic acids is 1. The Morgan fingerprint density at radius 3 is 2.71 bits per heavy atom. The first-order valence-electron chi connectivity index (χ1n) is 7.28. The summed E-state index contributed by atoms with van der Waals surface area (Å²) in [5.74, 6) is -0.636. The van der Waals surface area contributed by atoms with Gasteiger partial charge in [0.1, 0.15) is 0 Å². The Morgan fingerprint density at radius 1 is 1.33 bits per heavy atom. The van der Waals surface area contributed by atoms with Crippen LogP contribution < -0.4 is 0 Å². The minimum atomic E-state index is -0.837. The largest absolute Gasteiger partial charge is 0.481 e. The first-order valence-corrected chi connectivity index (χ1v) is 8.16. The molecule has 21 heavy (non-hydrogen) atoms. The average Bonchev–Trinajstić information content (AvgIpc) is 2.98. The van der Waals surface area contributed by atoms with Crippen LogP contribution in [-0.4, -0.2) is 47.7 Å². The van der Waals surface area contributed by atoms with Gasteiger partial charge in [0.2, 0.25) is 5.91 Å². The van der Waals surface area contributed by atoms with Crippen molar-refractivity contribution in [3.8, 4) is 0 Å². The molecular weight excluding hydrogens is 290 g/mol. The van der Waals surface area contributed by atoms with E-state index in [4.69, 9.17) is 9.84 Å². The van der Waals surface area contributed by atoms with Crippen LogP contribution >= 0.6 is 11.3 Å². The van der Waals surface area contributed by atoms with Gasteiger partial charge in [0.25, 0.3) is 0 Å². The Balaban J connectivity index is 1.63. The second kappa shape index (κ2) is 8.14. The van der Waals surface area contributed by atoms with E-state index in [1.807, 2.05) is 16.3 Å². The molecule has 1 aromatic heterocycles. The molecule has 116 valence electrons. The van der Waals surface area contributed by atoms with Crippen LogP contribution in [-0.2, 0) is 20.7 Å². The van der Waals surface area contributed by atoms with Crippen molar-refractivity contribution < 1.29 is 19.4 Å². The van der Waals surface area contributed by atoms with E-state index in [2.05, 4.69) is 6.07 Å². The minimum Gasteiger partial charge on any atom is -0.481 e. The van der Waals surface area contributed by atoms with E-state index in [0.717, 1.165) is 19.3 Å². The number of carboxylic acids is 1. The predicted molar refractivity (Wildman–Crippen MR) is 80.4 cm³/mol. The normalized spacial score (nSPS) is 16.1. The molecule has 0 atom stereocenters. The van der Waals surface area contributed by atoms with E-state index in [1.54, 1.807) is 11.3 Å². The molecule has 1 fully saturated rings. The highest BCUT2D eigenvalue weighted by molar-refractivity contribution is 7.09. The maximum absolute atomic E-state index is 12.1. The summed E-state index contributed by atoms with van der Waals surface area (Å²) in [6.07, 6.45) is 3.09. The number of aliphatic carboxylic acids is 1. The SMILES string of the molecule is O=C(O)CCOC1CCN(C(=O)CCc2cccs2)CC1. The molecule has 2 rings (SSSR count). The van der Waals surface area contributed by atoms with Crippen LogP contribution in [0, 0.1) is 0 Å². The summed E-state index contributed by atoms with van der Waals surface area (Å²) in [6.45, 7) is 1.67. The summed E-state index contributed by atoms with van der Waals surface area (Å²) in [5, 5.41) is 10.6. The van der Waals surface area contributed by atoms with E-state index in [0.29, 0.717) is 19.5 Å². The van der Waals surface area contributed by atoms with Crippen LogP contribution in [0.25, 0.3) is 0 Å². The van der Waals surface area contributed by atoms with Gasteiger partial charge in [-0.05, 0) is 30.7 Å². The van der Waals surface area contributed by atoms with Crippen molar-refractivity contribution in [2.24, 2.45) is 0 Å². The summed E-state index contributed by atoms with van der Waals surface area (Å²) in [4.78, 5) is 25.7. The topological polar surface area (TPSA) is 66.8 Å². The first kappa shape index (κ1) is 16.0. The zero-order valence-electron chi connectivity index (χ0n) is 12.0. The number of piperidine rings is 1. The van der Waals surface area contributed by atoms with E-state index in [1.165, 1.54) is 4.88 Å². The molecule has 0 aliphatic carbocycles. The summed E-state index contributed by atoms with van der Waals surface area (Å²) in [5.41, 5.74) is 0. The Morgan fingerprint density at radius 2 is 2.10 bits per heavy atom. The first-order chi connectivity index (χ1) is 10.1. The predicted octanol–water partition coefficient (Wildman–Crippen LogP) is 2.16. The Hall–Kier alpha value is -1.40. The van der Waals surface area contributed by atoms with Crippen molar-refractivity contribution in [2.75, 3.05) is 19.7 Å².